The van der Waals surface area contributed by atoms with Gasteiger partial charge in [-0.15, -0.1) is 11.3 Å². The molecule has 1 aromatic heterocycles. The van der Waals surface area contributed by atoms with Crippen molar-refractivity contribution in [3.8, 4) is 5.75 Å². The Morgan fingerprint density at radius 3 is 3.00 bits per heavy atom. The summed E-state index contributed by atoms with van der Waals surface area (Å²) < 4.78 is 5.76. The number of nitrogens with zero attached hydrogens (tertiary/aromatic N) is 1. The highest BCUT2D eigenvalue weighted by molar-refractivity contribution is 7.12. The maximum Gasteiger partial charge on any atom is 0.328 e. The van der Waals surface area contributed by atoms with Crippen molar-refractivity contribution in [2.45, 2.75) is 20.0 Å². The highest BCUT2D eigenvalue weighted by Crippen LogP contribution is 2.21. The van der Waals surface area contributed by atoms with Gasteiger partial charge in [-0.05, 0) is 24.1 Å². The molecule has 0 atom stereocenters. The number of benzene rings is 1. The van der Waals surface area contributed by atoms with Crippen LogP contribution in [0.4, 0.5) is 0 Å². The van der Waals surface area contributed by atoms with Crippen molar-refractivity contribution in [2.24, 2.45) is 0 Å². The molecule has 20 heavy (non-hydrogen) atoms. The monoisotopic (exact) mass is 289 g/mol. The van der Waals surface area contributed by atoms with Gasteiger partial charge >= 0.3 is 5.97 Å². The second kappa shape index (κ2) is 6.86. The van der Waals surface area contributed by atoms with Crippen LogP contribution in [-0.2, 0) is 17.8 Å². The minimum atomic E-state index is -0.965. The van der Waals surface area contributed by atoms with Gasteiger partial charge in [0, 0.05) is 17.2 Å². The van der Waals surface area contributed by atoms with E-state index in [2.05, 4.69) is 11.9 Å². The van der Waals surface area contributed by atoms with Crippen molar-refractivity contribution in [1.82, 2.24) is 4.98 Å². The van der Waals surface area contributed by atoms with Gasteiger partial charge in [0.2, 0.25) is 0 Å². The zero-order chi connectivity index (χ0) is 14.4. The summed E-state index contributed by atoms with van der Waals surface area (Å²) in [5.74, 6) is -0.0964. The van der Waals surface area contributed by atoms with Gasteiger partial charge in [-0.1, -0.05) is 25.1 Å². The molecule has 104 valence electrons. The Bertz CT molecular complexity index is 619. The van der Waals surface area contributed by atoms with Gasteiger partial charge in [0.1, 0.15) is 17.4 Å². The Hall–Kier alpha value is -2.14. The number of aromatic nitrogens is 1. The van der Waals surface area contributed by atoms with E-state index in [9.17, 15) is 4.79 Å². The third-order valence-electron chi connectivity index (χ3n) is 2.67. The fourth-order valence-electron chi connectivity index (χ4n) is 1.70. The smallest absolute Gasteiger partial charge is 0.328 e. The topological polar surface area (TPSA) is 59.4 Å². The van der Waals surface area contributed by atoms with E-state index in [1.807, 2.05) is 24.3 Å². The Balaban J connectivity index is 1.99. The van der Waals surface area contributed by atoms with Crippen molar-refractivity contribution in [3.05, 3.63) is 52.0 Å². The largest absolute Gasteiger partial charge is 0.486 e. The Morgan fingerprint density at radius 1 is 1.45 bits per heavy atom. The number of carboxylic acid groups (broad SMARTS) is 1. The van der Waals surface area contributed by atoms with Crippen LogP contribution in [0, 0.1) is 0 Å². The van der Waals surface area contributed by atoms with E-state index in [0.29, 0.717) is 6.61 Å². The van der Waals surface area contributed by atoms with Gasteiger partial charge in [0.15, 0.2) is 0 Å². The molecule has 0 fully saturated rings. The maximum absolute atomic E-state index is 10.4. The number of hydrogen-bond donors (Lipinski definition) is 1. The lowest BCUT2D eigenvalue weighted by molar-refractivity contribution is -0.131. The van der Waals surface area contributed by atoms with Gasteiger partial charge in [-0.25, -0.2) is 9.78 Å². The van der Waals surface area contributed by atoms with Crippen LogP contribution in [0.5, 0.6) is 5.75 Å². The summed E-state index contributed by atoms with van der Waals surface area (Å²) in [6.45, 7) is 2.48. The highest BCUT2D eigenvalue weighted by atomic mass is 32.1. The lowest BCUT2D eigenvalue weighted by Crippen LogP contribution is -1.97. The van der Waals surface area contributed by atoms with E-state index in [1.54, 1.807) is 6.20 Å². The van der Waals surface area contributed by atoms with Crippen molar-refractivity contribution < 1.29 is 14.6 Å². The minimum Gasteiger partial charge on any atom is -0.486 e. The molecular weight excluding hydrogens is 274 g/mol. The molecule has 0 aliphatic rings. The molecule has 2 aromatic rings. The van der Waals surface area contributed by atoms with Gasteiger partial charge in [-0.3, -0.25) is 0 Å². The van der Waals surface area contributed by atoms with Crippen molar-refractivity contribution in [2.75, 3.05) is 0 Å². The average molecular weight is 289 g/mol. The Kier molecular flexibility index (Phi) is 4.90. The number of aliphatic carboxylic acids is 1. The molecule has 0 amide bonds. The first-order chi connectivity index (χ1) is 9.69. The van der Waals surface area contributed by atoms with Crippen molar-refractivity contribution >= 4 is 23.4 Å². The van der Waals surface area contributed by atoms with E-state index in [0.717, 1.165) is 33.7 Å². The third-order valence-corrected chi connectivity index (χ3v) is 3.60. The second-order valence-corrected chi connectivity index (χ2v) is 5.22. The first-order valence-electron chi connectivity index (χ1n) is 6.25. The van der Waals surface area contributed by atoms with Crippen LogP contribution in [0.25, 0.3) is 6.08 Å². The molecule has 0 spiro atoms. The van der Waals surface area contributed by atoms with Gasteiger partial charge in [-0.2, -0.15) is 0 Å². The molecule has 1 heterocycles. The number of rotatable bonds is 6. The van der Waals surface area contributed by atoms with Crippen LogP contribution in [-0.4, -0.2) is 16.1 Å². The normalized spacial score (nSPS) is 10.8. The molecule has 2 rings (SSSR count). The molecule has 4 nitrogen and oxygen atoms in total. The molecule has 0 saturated heterocycles. The summed E-state index contributed by atoms with van der Waals surface area (Å²) >= 11 is 1.42. The fourth-order valence-corrected chi connectivity index (χ4v) is 2.43. The zero-order valence-corrected chi connectivity index (χ0v) is 11.9. The average Bonchev–Trinajstić information content (AvgIpc) is 2.91. The summed E-state index contributed by atoms with van der Waals surface area (Å²) in [6, 6.07) is 7.91. The number of hydrogen-bond acceptors (Lipinski definition) is 4. The molecule has 1 N–H and O–H groups in total. The van der Waals surface area contributed by atoms with E-state index in [1.165, 1.54) is 17.4 Å². The summed E-state index contributed by atoms with van der Waals surface area (Å²) in [5.41, 5.74) is 1.16. The summed E-state index contributed by atoms with van der Waals surface area (Å²) in [7, 11) is 0. The second-order valence-electron chi connectivity index (χ2n) is 4.08. The molecule has 0 unspecified atom stereocenters. The molecule has 0 radical (unpaired) electrons. The lowest BCUT2D eigenvalue weighted by atomic mass is 10.1. The fraction of sp³-hybridized carbons (Fsp3) is 0.200. The lowest BCUT2D eigenvalue weighted by Gasteiger charge is -2.08. The molecule has 0 aliphatic heterocycles. The van der Waals surface area contributed by atoms with Gasteiger partial charge < -0.3 is 9.84 Å². The number of carboxylic acids is 1. The first-order valence-corrected chi connectivity index (χ1v) is 7.07. The molecule has 1 aromatic carbocycles. The highest BCUT2D eigenvalue weighted by Gasteiger charge is 2.04. The standard InChI is InChI=1S/C15H15NO3S/c1-2-11-5-3-4-6-13(11)19-10-14-16-9-12(20-14)7-8-15(17)18/h3-9H,2,10H2,1H3,(H,17,18)/b8-7+. The summed E-state index contributed by atoms with van der Waals surface area (Å²) in [4.78, 5) is 15.4. The summed E-state index contributed by atoms with van der Waals surface area (Å²) in [6.07, 6.45) is 5.20. The number of carbonyl (C=O) groups is 1. The number of thiazole rings is 1. The third kappa shape index (κ3) is 3.93. The maximum atomic E-state index is 10.4. The number of ether oxygens (including phenoxy) is 1. The van der Waals surface area contributed by atoms with Gasteiger partial charge in [0.05, 0.1) is 0 Å². The van der Waals surface area contributed by atoms with Crippen molar-refractivity contribution in [1.29, 1.82) is 0 Å². The van der Waals surface area contributed by atoms with Crippen molar-refractivity contribution in [3.63, 3.8) is 0 Å². The zero-order valence-electron chi connectivity index (χ0n) is 11.1. The van der Waals surface area contributed by atoms with Crippen LogP contribution in [0.15, 0.2) is 36.5 Å². The Morgan fingerprint density at radius 2 is 2.25 bits per heavy atom. The number of aryl methyl sites for hydroxylation is 1. The SMILES string of the molecule is CCc1ccccc1OCc1ncc(/C=C/C(=O)O)s1. The van der Waals surface area contributed by atoms with E-state index >= 15 is 0 Å². The first kappa shape index (κ1) is 14.3. The summed E-state index contributed by atoms with van der Waals surface area (Å²) in [5, 5.41) is 9.38. The quantitative estimate of drug-likeness (QED) is 0.828. The van der Waals surface area contributed by atoms with Crippen LogP contribution in [0.3, 0.4) is 0 Å². The Labute approximate surface area is 121 Å². The van der Waals surface area contributed by atoms with E-state index in [4.69, 9.17) is 9.84 Å². The van der Waals surface area contributed by atoms with Crippen LogP contribution in [0.1, 0.15) is 22.4 Å². The van der Waals surface area contributed by atoms with E-state index < -0.39 is 5.97 Å². The minimum absolute atomic E-state index is 0.391. The number of para-hydroxylation sites is 1. The van der Waals surface area contributed by atoms with Crippen LogP contribution in [0.2, 0.25) is 0 Å². The molecule has 5 heteroatoms. The predicted octanol–water partition coefficient (Wildman–Crippen LogP) is 3.38. The molecule has 0 bridgehead atoms. The van der Waals surface area contributed by atoms with E-state index in [-0.39, 0.29) is 0 Å². The van der Waals surface area contributed by atoms with Crippen LogP contribution >= 0.6 is 11.3 Å². The van der Waals surface area contributed by atoms with Gasteiger partial charge in [0.25, 0.3) is 0 Å². The van der Waals surface area contributed by atoms with Crippen LogP contribution < -0.4 is 4.74 Å². The molecular formula is C15H15NO3S. The molecule has 0 aliphatic carbocycles. The predicted molar refractivity (Wildman–Crippen MR) is 78.9 cm³/mol. The molecule has 0 saturated carbocycles.